The van der Waals surface area contributed by atoms with Crippen molar-refractivity contribution in [3.63, 3.8) is 0 Å². The van der Waals surface area contributed by atoms with E-state index in [1.165, 1.54) is 4.57 Å². The molecule has 16 nitrogen and oxygen atoms in total. The summed E-state index contributed by atoms with van der Waals surface area (Å²) in [6.45, 7) is -0.188. The van der Waals surface area contributed by atoms with Gasteiger partial charge in [-0.15, -0.1) is 0 Å². The summed E-state index contributed by atoms with van der Waals surface area (Å²) in [4.78, 5) is 47.3. The van der Waals surface area contributed by atoms with Crippen LogP contribution in [0.4, 0.5) is 5.95 Å². The molecule has 178 valence electrons. The van der Waals surface area contributed by atoms with E-state index in [4.69, 9.17) is 25.0 Å². The lowest BCUT2D eigenvalue weighted by Gasteiger charge is -2.25. The number of ether oxygens (including phenoxy) is 1. The molecule has 2 aliphatic rings. The molecule has 2 aromatic heterocycles. The van der Waals surface area contributed by atoms with Crippen molar-refractivity contribution >= 4 is 54.2 Å². The molecule has 0 spiro atoms. The summed E-state index contributed by atoms with van der Waals surface area (Å²) >= 11 is 5.10. The van der Waals surface area contributed by atoms with Crippen molar-refractivity contribution in [2.45, 2.75) is 29.7 Å². The average Bonchev–Trinajstić information content (AvgIpc) is 3.26. The first-order valence-electron chi connectivity index (χ1n) is 9.39. The lowest BCUT2D eigenvalue weighted by atomic mass is 10.1. The van der Waals surface area contributed by atoms with Crippen LogP contribution < -0.4 is 16.6 Å². The Bertz CT molecular complexity index is 1170. The second-order valence-corrected chi connectivity index (χ2v) is 10.9. The molecule has 6 N–H and O–H groups in total. The fourth-order valence-electron chi connectivity index (χ4n) is 3.35. The van der Waals surface area contributed by atoms with Crippen molar-refractivity contribution in [3.8, 4) is 0 Å². The van der Waals surface area contributed by atoms with Crippen LogP contribution in [0, 0.1) is 0 Å². The smallest absolute Gasteiger partial charge is 0.385 e. The van der Waals surface area contributed by atoms with Crippen LogP contribution in [0.15, 0.2) is 15.1 Å². The molecule has 2 fully saturated rings. The quantitative estimate of drug-likeness (QED) is 0.0517. The third-order valence-corrected chi connectivity index (χ3v) is 7.29. The molecule has 0 aromatic carbocycles. The van der Waals surface area contributed by atoms with Crippen LogP contribution >= 0.6 is 31.2 Å². The van der Waals surface area contributed by atoms with Gasteiger partial charge in [-0.3, -0.25) is 19.1 Å². The molecule has 0 aliphatic carbocycles. The van der Waals surface area contributed by atoms with Crippen LogP contribution in [0.5, 0.6) is 0 Å². The summed E-state index contributed by atoms with van der Waals surface area (Å²) in [7, 11) is -3.40. The number of anilines is 1. The molecule has 4 heterocycles. The number of carbonyl (C=O) groups is 1. The minimum absolute atomic E-state index is 0.0277. The van der Waals surface area contributed by atoms with E-state index in [1.54, 1.807) is 0 Å². The topological polar surface area (TPSA) is 236 Å². The van der Waals surface area contributed by atoms with Crippen LogP contribution in [0.3, 0.4) is 0 Å². The number of thiol groups is 1. The molecule has 5 atom stereocenters. The predicted molar refractivity (Wildman–Crippen MR) is 119 cm³/mol. The van der Waals surface area contributed by atoms with Gasteiger partial charge in [-0.1, -0.05) is 16.9 Å². The Morgan fingerprint density at radius 1 is 1.55 bits per heavy atom. The maximum Gasteiger partial charge on any atom is 0.476 e. The Morgan fingerprint density at radius 3 is 3.09 bits per heavy atom. The number of aliphatic hydroxyl groups excluding tert-OH is 1. The fraction of sp³-hybridized carbons (Fsp3) is 0.571. The van der Waals surface area contributed by atoms with Gasteiger partial charge >= 0.3 is 7.15 Å². The van der Waals surface area contributed by atoms with Crippen LogP contribution in [-0.2, 0) is 18.6 Å². The van der Waals surface area contributed by atoms with Gasteiger partial charge in [-0.25, -0.2) is 4.98 Å². The molecule has 4 rings (SSSR count). The number of rotatable bonds is 7. The van der Waals surface area contributed by atoms with E-state index in [0.717, 1.165) is 11.8 Å². The number of aromatic amines is 1. The Morgan fingerprint density at radius 2 is 2.33 bits per heavy atom. The van der Waals surface area contributed by atoms with E-state index in [1.807, 2.05) is 0 Å². The van der Waals surface area contributed by atoms with E-state index in [9.17, 15) is 19.6 Å². The maximum atomic E-state index is 12.4. The van der Waals surface area contributed by atoms with Crippen LogP contribution in [0.2, 0.25) is 0 Å². The van der Waals surface area contributed by atoms with Gasteiger partial charge in [0.2, 0.25) is 11.9 Å². The lowest BCUT2D eigenvalue weighted by Crippen LogP contribution is -2.39. The summed E-state index contributed by atoms with van der Waals surface area (Å²) in [5, 5.41) is 16.9. The van der Waals surface area contributed by atoms with Gasteiger partial charge in [-0.05, 0) is 5.53 Å². The van der Waals surface area contributed by atoms with Crippen LogP contribution in [0.25, 0.3) is 21.6 Å². The first-order chi connectivity index (χ1) is 15.7. The molecule has 2 aromatic rings. The number of hydrogen-bond acceptors (Lipinski definition) is 13. The Hall–Kier alpha value is -2.14. The molecule has 2 saturated heterocycles. The van der Waals surface area contributed by atoms with Gasteiger partial charge in [0.05, 0.1) is 12.2 Å². The van der Waals surface area contributed by atoms with Gasteiger partial charge in [0.15, 0.2) is 28.7 Å². The number of hydrogen-bond donors (Lipinski definition) is 6. The number of thioether (sulfide) groups is 1. The number of azide groups is 1. The second-order valence-electron chi connectivity index (χ2n) is 6.89. The minimum atomic E-state index is -3.40. The zero-order chi connectivity index (χ0) is 23.8. The predicted octanol–water partition coefficient (Wildman–Crippen LogP) is -0.506. The minimum Gasteiger partial charge on any atom is -0.385 e. The lowest BCUT2D eigenvalue weighted by molar-refractivity contribution is -0.119. The van der Waals surface area contributed by atoms with Crippen molar-refractivity contribution in [3.05, 3.63) is 20.8 Å². The summed E-state index contributed by atoms with van der Waals surface area (Å²) in [6.07, 6.45) is -4.02. The zero-order valence-corrected chi connectivity index (χ0v) is 19.2. The van der Waals surface area contributed by atoms with E-state index >= 15 is 0 Å². The molecule has 2 unspecified atom stereocenters. The van der Waals surface area contributed by atoms with Gasteiger partial charge in [0.1, 0.15) is 25.4 Å². The number of aromatic nitrogens is 4. The molecular formula is C14H19N9O7PS2+. The number of fused-ring (bicyclic) bond motifs is 2. The number of nitrogen functional groups attached to an aromatic ring is 1. The number of imidazole rings is 1. The van der Waals surface area contributed by atoms with E-state index in [-0.39, 0.29) is 42.0 Å². The molecule has 19 heteroatoms. The van der Waals surface area contributed by atoms with Crippen LogP contribution in [-0.4, -0.2) is 79.2 Å². The van der Waals surface area contributed by atoms with Crippen molar-refractivity contribution in [1.29, 1.82) is 0 Å². The number of nitrogens with two attached hydrogens (primary N) is 1. The second kappa shape index (κ2) is 9.61. The van der Waals surface area contributed by atoms with Crippen molar-refractivity contribution in [1.82, 2.24) is 24.8 Å². The first kappa shape index (κ1) is 24.0. The summed E-state index contributed by atoms with van der Waals surface area (Å²) < 4.78 is 17.9. The molecule has 0 bridgehead atoms. The molecule has 0 saturated carbocycles. The average molecular weight is 520 g/mol. The number of nitrogens with zero attached hydrogens (tertiary/aromatic N) is 6. The highest BCUT2D eigenvalue weighted by Crippen LogP contribution is 2.66. The number of H-pyrrole nitrogens is 1. The maximum absolute atomic E-state index is 12.4. The van der Waals surface area contributed by atoms with E-state index < -0.39 is 43.2 Å². The number of amides is 1. The van der Waals surface area contributed by atoms with Gasteiger partial charge in [-0.2, -0.15) is 18.9 Å². The Kier molecular flexibility index (Phi) is 6.99. The molecule has 0 radical (unpaired) electrons. The van der Waals surface area contributed by atoms with E-state index in [0.29, 0.717) is 5.75 Å². The highest BCUT2D eigenvalue weighted by Gasteiger charge is 2.58. The third kappa shape index (κ3) is 5.03. The van der Waals surface area contributed by atoms with Crippen LogP contribution in [0.1, 0.15) is 6.23 Å². The fourth-order valence-corrected chi connectivity index (χ4v) is 5.73. The highest BCUT2D eigenvalue weighted by atomic mass is 32.7. The molecule has 33 heavy (non-hydrogen) atoms. The third-order valence-electron chi connectivity index (χ3n) is 4.70. The SMILES string of the molecule is [N-]=[N+]=NCC(=O)NCCSc1nc2c(=O)[nH]c(N)nc2n1[C@@H]1OC2CO[P+](O)(S)O[C@H]2[C@@H]1O. The highest BCUT2D eigenvalue weighted by molar-refractivity contribution is 8.47. The monoisotopic (exact) mass is 520 g/mol. The van der Waals surface area contributed by atoms with Gasteiger partial charge in [0, 0.05) is 17.2 Å². The normalized spacial score (nSPS) is 28.9. The Balaban J connectivity index is 1.60. The first-order valence-corrected chi connectivity index (χ1v) is 13.1. The number of aliphatic hydroxyl groups is 1. The molecule has 1 amide bonds. The summed E-state index contributed by atoms with van der Waals surface area (Å²) in [5.74, 6) is -0.294. The standard InChI is InChI=1S/C14H18N9O7PS2/c15-13-20-10-7(11(26)21-13)19-14(33-2-1-17-6(24)3-18-22-16)23(10)12-8(25)9-5(29-12)4-28-31(27,32)30-9/h5,8-9,12,25,27,32H,1-4H2,(H3-,15,17,20,21,24,26)/p+1/t5?,8-,9+,12+,31?/m0/s1. The Labute approximate surface area is 194 Å². The summed E-state index contributed by atoms with van der Waals surface area (Å²) in [6, 6.07) is 0. The van der Waals surface area contributed by atoms with Crippen molar-refractivity contribution in [2.24, 2.45) is 5.11 Å². The van der Waals surface area contributed by atoms with Crippen molar-refractivity contribution in [2.75, 3.05) is 31.2 Å². The zero-order valence-electron chi connectivity index (χ0n) is 16.6. The number of nitrogens with one attached hydrogen (secondary N) is 2. The van der Waals surface area contributed by atoms with Gasteiger partial charge < -0.3 is 20.9 Å². The molecule has 2 aliphatic heterocycles. The van der Waals surface area contributed by atoms with Crippen molar-refractivity contribution < 1.29 is 28.6 Å². The van der Waals surface area contributed by atoms with Gasteiger partial charge in [0.25, 0.3) is 5.56 Å². The van der Waals surface area contributed by atoms with E-state index in [2.05, 4.69) is 42.5 Å². The number of carbonyl (C=O) groups excluding carboxylic acids is 1. The largest absolute Gasteiger partial charge is 0.476 e. The molecular weight excluding hydrogens is 501 g/mol. The summed E-state index contributed by atoms with van der Waals surface area (Å²) in [5.41, 5.74) is 13.4.